The second-order valence-corrected chi connectivity index (χ2v) is 6.59. The molecule has 0 aliphatic rings. The SMILES string of the molecule is CCCc1c(COc2ccc(/C=N/N=C(N)N)c(OC)c2)ccc(C(=O)CC)c1O. The van der Waals surface area contributed by atoms with Crippen LogP contribution in [0.4, 0.5) is 0 Å². The van der Waals surface area contributed by atoms with Crippen LogP contribution in [-0.4, -0.2) is 30.2 Å². The molecule has 0 heterocycles. The maximum Gasteiger partial charge on any atom is 0.211 e. The molecule has 0 atom stereocenters. The molecule has 0 aliphatic heterocycles. The zero-order valence-corrected chi connectivity index (χ0v) is 17.5. The summed E-state index contributed by atoms with van der Waals surface area (Å²) in [6, 6.07) is 8.76. The minimum absolute atomic E-state index is 0.0497. The summed E-state index contributed by atoms with van der Waals surface area (Å²) in [7, 11) is 1.54. The van der Waals surface area contributed by atoms with Crippen LogP contribution in [0.5, 0.6) is 17.2 Å². The minimum Gasteiger partial charge on any atom is -0.507 e. The molecule has 0 aliphatic carbocycles. The van der Waals surface area contributed by atoms with Crippen molar-refractivity contribution in [3.8, 4) is 17.2 Å². The molecule has 2 rings (SSSR count). The Bertz CT molecular complexity index is 950. The van der Waals surface area contributed by atoms with Crippen LogP contribution in [0, 0.1) is 0 Å². The molecule has 8 nitrogen and oxygen atoms in total. The molecule has 8 heteroatoms. The zero-order chi connectivity index (χ0) is 22.1. The van der Waals surface area contributed by atoms with Gasteiger partial charge in [-0.15, -0.1) is 5.10 Å². The van der Waals surface area contributed by atoms with E-state index >= 15 is 0 Å². The van der Waals surface area contributed by atoms with Gasteiger partial charge in [0.25, 0.3) is 0 Å². The summed E-state index contributed by atoms with van der Waals surface area (Å²) in [5, 5.41) is 17.9. The van der Waals surface area contributed by atoms with Gasteiger partial charge >= 0.3 is 0 Å². The van der Waals surface area contributed by atoms with Crippen LogP contribution < -0.4 is 20.9 Å². The first-order valence-corrected chi connectivity index (χ1v) is 9.70. The molecule has 0 saturated carbocycles. The average molecular weight is 412 g/mol. The van der Waals surface area contributed by atoms with Gasteiger partial charge in [0, 0.05) is 23.6 Å². The summed E-state index contributed by atoms with van der Waals surface area (Å²) < 4.78 is 11.3. The molecular weight excluding hydrogens is 384 g/mol. The molecule has 0 saturated heterocycles. The number of ether oxygens (including phenoxy) is 2. The van der Waals surface area contributed by atoms with Crippen LogP contribution in [0.15, 0.2) is 40.5 Å². The van der Waals surface area contributed by atoms with Crippen LogP contribution >= 0.6 is 0 Å². The van der Waals surface area contributed by atoms with Crippen molar-refractivity contribution in [1.82, 2.24) is 0 Å². The molecule has 0 unspecified atom stereocenters. The van der Waals surface area contributed by atoms with E-state index in [9.17, 15) is 9.90 Å². The van der Waals surface area contributed by atoms with E-state index in [1.54, 1.807) is 31.2 Å². The Morgan fingerprint density at radius 1 is 1.20 bits per heavy atom. The lowest BCUT2D eigenvalue weighted by Gasteiger charge is -2.15. The summed E-state index contributed by atoms with van der Waals surface area (Å²) >= 11 is 0. The number of carbonyl (C=O) groups is 1. The van der Waals surface area contributed by atoms with E-state index in [0.717, 1.165) is 17.5 Å². The lowest BCUT2D eigenvalue weighted by Crippen LogP contribution is -2.21. The fraction of sp³-hybridized carbons (Fsp3) is 0.318. The molecule has 0 aromatic heterocycles. The topological polar surface area (TPSA) is 133 Å². The van der Waals surface area contributed by atoms with Crippen molar-refractivity contribution in [2.24, 2.45) is 21.7 Å². The highest BCUT2D eigenvalue weighted by molar-refractivity contribution is 5.98. The van der Waals surface area contributed by atoms with Crippen LogP contribution in [0.2, 0.25) is 0 Å². The van der Waals surface area contributed by atoms with E-state index in [4.69, 9.17) is 20.9 Å². The van der Waals surface area contributed by atoms with Gasteiger partial charge in [0.1, 0.15) is 23.9 Å². The van der Waals surface area contributed by atoms with Crippen LogP contribution in [0.1, 0.15) is 53.7 Å². The monoisotopic (exact) mass is 412 g/mol. The standard InChI is InChI=1S/C22H28N4O4/c1-4-6-17-15(8-10-18(21(17)28)19(27)5-2)13-30-16-9-7-14(20(11-16)29-3)12-25-26-22(23)24/h7-12,28H,4-6,13H2,1-3H3,(H4,23,24,26)/b25-12+. The third kappa shape index (κ3) is 5.73. The number of carbonyl (C=O) groups excluding carboxylic acids is 1. The Balaban J connectivity index is 2.24. The smallest absolute Gasteiger partial charge is 0.211 e. The van der Waals surface area contributed by atoms with Gasteiger partial charge in [-0.2, -0.15) is 5.10 Å². The Morgan fingerprint density at radius 2 is 1.97 bits per heavy atom. The Hall–Kier alpha value is -3.55. The number of nitrogens with two attached hydrogens (primary N) is 2. The maximum absolute atomic E-state index is 12.1. The summed E-state index contributed by atoms with van der Waals surface area (Å²) in [4.78, 5) is 12.1. The summed E-state index contributed by atoms with van der Waals surface area (Å²) in [6.45, 7) is 4.04. The van der Waals surface area contributed by atoms with Gasteiger partial charge in [0.15, 0.2) is 5.78 Å². The molecule has 2 aromatic rings. The van der Waals surface area contributed by atoms with Crippen molar-refractivity contribution in [2.75, 3.05) is 7.11 Å². The number of hydrogen-bond acceptors (Lipinski definition) is 6. The minimum atomic E-state index is -0.136. The fourth-order valence-electron chi connectivity index (χ4n) is 2.96. The van der Waals surface area contributed by atoms with Crippen LogP contribution in [0.25, 0.3) is 0 Å². The Morgan fingerprint density at radius 3 is 2.60 bits per heavy atom. The van der Waals surface area contributed by atoms with E-state index in [2.05, 4.69) is 10.2 Å². The quantitative estimate of drug-likeness (QED) is 0.238. The third-order valence-electron chi connectivity index (χ3n) is 4.47. The second kappa shape index (κ2) is 10.8. The molecule has 0 radical (unpaired) electrons. The summed E-state index contributed by atoms with van der Waals surface area (Å²) in [5.41, 5.74) is 13.1. The highest BCUT2D eigenvalue weighted by Gasteiger charge is 2.16. The van der Waals surface area contributed by atoms with Gasteiger partial charge in [-0.25, -0.2) is 0 Å². The number of benzene rings is 2. The van der Waals surface area contributed by atoms with E-state index in [0.29, 0.717) is 35.5 Å². The number of phenolic OH excluding ortho intramolecular Hbond substituents is 1. The van der Waals surface area contributed by atoms with Crippen molar-refractivity contribution in [1.29, 1.82) is 0 Å². The molecule has 160 valence electrons. The molecular formula is C22H28N4O4. The van der Waals surface area contributed by atoms with E-state index in [-0.39, 0.29) is 24.1 Å². The molecule has 0 spiro atoms. The number of phenols is 1. The van der Waals surface area contributed by atoms with Gasteiger partial charge in [-0.05, 0) is 30.2 Å². The first-order valence-electron chi connectivity index (χ1n) is 9.70. The second-order valence-electron chi connectivity index (χ2n) is 6.59. The molecule has 2 aromatic carbocycles. The van der Waals surface area contributed by atoms with E-state index < -0.39 is 0 Å². The van der Waals surface area contributed by atoms with Crippen LogP contribution in [0.3, 0.4) is 0 Å². The molecule has 0 fully saturated rings. The molecule has 0 bridgehead atoms. The number of rotatable bonds is 10. The first-order chi connectivity index (χ1) is 14.4. The number of guanidine groups is 1. The Kier molecular flexibility index (Phi) is 8.22. The van der Waals surface area contributed by atoms with Crippen molar-refractivity contribution in [3.63, 3.8) is 0 Å². The van der Waals surface area contributed by atoms with Gasteiger partial charge in [0.2, 0.25) is 5.96 Å². The predicted molar refractivity (Wildman–Crippen MR) is 117 cm³/mol. The predicted octanol–water partition coefficient (Wildman–Crippen LogP) is 3.13. The average Bonchev–Trinajstić information content (AvgIpc) is 2.74. The van der Waals surface area contributed by atoms with Crippen molar-refractivity contribution in [3.05, 3.63) is 52.6 Å². The summed E-state index contributed by atoms with van der Waals surface area (Å²) in [6.07, 6.45) is 3.30. The highest BCUT2D eigenvalue weighted by atomic mass is 16.5. The van der Waals surface area contributed by atoms with Crippen molar-refractivity contribution >= 4 is 18.0 Å². The fourth-order valence-corrected chi connectivity index (χ4v) is 2.96. The van der Waals surface area contributed by atoms with Gasteiger partial charge < -0.3 is 26.0 Å². The lowest BCUT2D eigenvalue weighted by atomic mass is 9.96. The normalized spacial score (nSPS) is 10.8. The number of hydrogen-bond donors (Lipinski definition) is 3. The maximum atomic E-state index is 12.1. The largest absolute Gasteiger partial charge is 0.507 e. The van der Waals surface area contributed by atoms with Crippen molar-refractivity contribution < 1.29 is 19.4 Å². The number of ketones is 1. The third-order valence-corrected chi connectivity index (χ3v) is 4.47. The van der Waals surface area contributed by atoms with Crippen molar-refractivity contribution in [2.45, 2.75) is 39.7 Å². The zero-order valence-electron chi connectivity index (χ0n) is 17.5. The first kappa shape index (κ1) is 22.7. The highest BCUT2D eigenvalue weighted by Crippen LogP contribution is 2.30. The molecule has 30 heavy (non-hydrogen) atoms. The lowest BCUT2D eigenvalue weighted by molar-refractivity contribution is 0.0985. The summed E-state index contributed by atoms with van der Waals surface area (Å²) in [5.74, 6) is 0.959. The number of nitrogens with zero attached hydrogens (tertiary/aromatic N) is 2. The van der Waals surface area contributed by atoms with Gasteiger partial charge in [-0.1, -0.05) is 26.3 Å². The van der Waals surface area contributed by atoms with Crippen LogP contribution in [-0.2, 0) is 13.0 Å². The van der Waals surface area contributed by atoms with E-state index in [1.165, 1.54) is 13.3 Å². The Labute approximate surface area is 176 Å². The van der Waals surface area contributed by atoms with E-state index in [1.807, 2.05) is 13.0 Å². The molecule has 5 N–H and O–H groups in total. The van der Waals surface area contributed by atoms with Gasteiger partial charge in [0.05, 0.1) is 18.9 Å². The number of Topliss-reactive ketones (excluding diaryl/α,β-unsaturated/α-hetero) is 1. The number of aromatic hydroxyl groups is 1. The molecule has 0 amide bonds. The van der Waals surface area contributed by atoms with Gasteiger partial charge in [-0.3, -0.25) is 4.79 Å². The number of methoxy groups -OCH3 is 1.